The predicted octanol–water partition coefficient (Wildman–Crippen LogP) is 17.1. The Balaban J connectivity index is 0.000000296. The minimum absolute atomic E-state index is 0. The fourth-order valence-electron chi connectivity index (χ4n) is 9.64. The number of nitrogens with zero attached hydrogens (tertiary/aromatic N) is 4. The zero-order valence-electron chi connectivity index (χ0n) is 41.2. The molecule has 3 heterocycles. The Labute approximate surface area is 420 Å². The standard InChI is InChI=1S/C49H43N2O.C14H15N2.Ir/c1-29(2)37-26-34(31-15-9-8-10-16-31)27-38(30(3)4)46(37)51-43-22-12-11-21-42(43)50-48(51)36-19-14-18-35-40-25-33-24-23-32-17-13-20-41(49(5,6)7)45(32)39(33)28-44(40)52-47(35)36;1-14(2,3)13-9-12(15-10-16-13)11-7-5-4-6-8-11;/h8-18,20-30H,1-7H3;4-7,9-10H,1-3H3;/q2*-1;. The molecule has 8 aromatic carbocycles. The molecule has 347 valence electrons. The van der Waals surface area contributed by atoms with E-state index in [0.29, 0.717) is 0 Å². The molecule has 0 bridgehead atoms. The smallest absolute Gasteiger partial charge is 0.121 e. The van der Waals surface area contributed by atoms with E-state index in [1.165, 1.54) is 55.0 Å². The Morgan fingerprint density at radius 2 is 1.29 bits per heavy atom. The Morgan fingerprint density at radius 1 is 0.580 bits per heavy atom. The van der Waals surface area contributed by atoms with E-state index in [0.717, 1.165) is 61.3 Å². The summed E-state index contributed by atoms with van der Waals surface area (Å²) < 4.78 is 9.34. The number of fused-ring (bicyclic) bond motifs is 7. The van der Waals surface area contributed by atoms with Crippen LogP contribution in [0.1, 0.15) is 103 Å². The molecule has 0 aliphatic rings. The summed E-state index contributed by atoms with van der Waals surface area (Å²) in [4.78, 5) is 14.0. The fraction of sp³-hybridized carbons (Fsp3) is 0.222. The van der Waals surface area contributed by atoms with Crippen LogP contribution in [0.2, 0.25) is 0 Å². The van der Waals surface area contributed by atoms with Gasteiger partial charge >= 0.3 is 0 Å². The van der Waals surface area contributed by atoms with Gasteiger partial charge in [0.1, 0.15) is 11.9 Å². The fourth-order valence-corrected chi connectivity index (χ4v) is 9.64. The summed E-state index contributed by atoms with van der Waals surface area (Å²) in [5.74, 6) is 1.39. The van der Waals surface area contributed by atoms with Gasteiger partial charge in [-0.1, -0.05) is 159 Å². The number of furan rings is 1. The van der Waals surface area contributed by atoms with Crippen LogP contribution in [0.5, 0.6) is 0 Å². The first-order valence-electron chi connectivity index (χ1n) is 23.9. The molecule has 6 heteroatoms. The molecule has 11 aromatic rings. The van der Waals surface area contributed by atoms with E-state index >= 15 is 0 Å². The molecule has 69 heavy (non-hydrogen) atoms. The van der Waals surface area contributed by atoms with Gasteiger partial charge in [0.25, 0.3) is 0 Å². The van der Waals surface area contributed by atoms with Gasteiger partial charge in [-0.25, -0.2) is 4.98 Å². The molecule has 0 atom stereocenters. The molecule has 0 unspecified atom stereocenters. The van der Waals surface area contributed by atoms with E-state index < -0.39 is 0 Å². The monoisotopic (exact) mass is 1080 g/mol. The minimum Gasteiger partial charge on any atom is -0.501 e. The second kappa shape index (κ2) is 18.6. The SMILES string of the molecule is CC(C)(C)c1cc(-c2[c-]cccc2)ncn1.CC(C)c1cc(-c2ccccc2)cc(C(C)C)c1-n1c(-c2[c-]ccc3c2oc2cc4c(ccc5cccc(C(C)(C)C)c54)cc23)nc2ccccc21.[Ir]. The van der Waals surface area contributed by atoms with Gasteiger partial charge in [-0.2, -0.15) is 0 Å². The third-order valence-corrected chi connectivity index (χ3v) is 13.2. The summed E-state index contributed by atoms with van der Waals surface area (Å²) in [6, 6.07) is 60.5. The van der Waals surface area contributed by atoms with E-state index in [2.05, 4.69) is 211 Å². The van der Waals surface area contributed by atoms with Gasteiger partial charge in [0.15, 0.2) is 0 Å². The third kappa shape index (κ3) is 8.93. The molecule has 0 saturated heterocycles. The largest absolute Gasteiger partial charge is 0.501 e. The summed E-state index contributed by atoms with van der Waals surface area (Å²) in [5.41, 5.74) is 15.2. The van der Waals surface area contributed by atoms with Crippen molar-refractivity contribution in [3.05, 3.63) is 193 Å². The van der Waals surface area contributed by atoms with Crippen molar-refractivity contribution in [1.82, 2.24) is 19.5 Å². The van der Waals surface area contributed by atoms with Gasteiger partial charge in [-0.15, -0.1) is 54.1 Å². The van der Waals surface area contributed by atoms with Gasteiger partial charge in [0.05, 0.1) is 22.4 Å². The molecule has 0 saturated carbocycles. The summed E-state index contributed by atoms with van der Waals surface area (Å²) in [5, 5.41) is 7.15. The summed E-state index contributed by atoms with van der Waals surface area (Å²) in [6.45, 7) is 22.5. The quantitative estimate of drug-likeness (QED) is 0.123. The molecule has 3 aromatic heterocycles. The van der Waals surface area contributed by atoms with Gasteiger partial charge in [-0.05, 0) is 109 Å². The average molecular weight is 1080 g/mol. The number of benzene rings is 8. The molecular formula is C63H58IrN4O-2. The Kier molecular flexibility index (Phi) is 12.8. The van der Waals surface area contributed by atoms with E-state index in [1.807, 2.05) is 36.4 Å². The van der Waals surface area contributed by atoms with Crippen LogP contribution in [-0.4, -0.2) is 19.5 Å². The predicted molar refractivity (Wildman–Crippen MR) is 285 cm³/mol. The van der Waals surface area contributed by atoms with Crippen molar-refractivity contribution >= 4 is 54.5 Å². The Bertz CT molecular complexity index is 3620. The molecule has 0 amide bonds. The van der Waals surface area contributed by atoms with Crippen LogP contribution >= 0.6 is 0 Å². The van der Waals surface area contributed by atoms with Crippen molar-refractivity contribution in [3.8, 4) is 39.5 Å². The second-order valence-corrected chi connectivity index (χ2v) is 20.7. The van der Waals surface area contributed by atoms with Crippen molar-refractivity contribution in [3.63, 3.8) is 0 Å². The summed E-state index contributed by atoms with van der Waals surface area (Å²) >= 11 is 0. The van der Waals surface area contributed by atoms with Gasteiger partial charge in [-0.3, -0.25) is 9.97 Å². The van der Waals surface area contributed by atoms with Crippen LogP contribution in [0.3, 0.4) is 0 Å². The molecule has 0 fully saturated rings. The second-order valence-electron chi connectivity index (χ2n) is 20.7. The molecule has 0 aliphatic carbocycles. The molecule has 5 nitrogen and oxygen atoms in total. The minimum atomic E-state index is 0. The number of rotatable bonds is 6. The Morgan fingerprint density at radius 3 is 1.99 bits per heavy atom. The first-order chi connectivity index (χ1) is 32.7. The summed E-state index contributed by atoms with van der Waals surface area (Å²) in [6.07, 6.45) is 1.62. The number of hydrogen-bond acceptors (Lipinski definition) is 4. The van der Waals surface area contributed by atoms with Gasteiger partial charge in [0.2, 0.25) is 0 Å². The van der Waals surface area contributed by atoms with E-state index in [9.17, 15) is 0 Å². The number of para-hydroxylation sites is 2. The van der Waals surface area contributed by atoms with Crippen molar-refractivity contribution in [2.75, 3.05) is 0 Å². The van der Waals surface area contributed by atoms with Crippen molar-refractivity contribution < 1.29 is 24.5 Å². The Hall–Kier alpha value is -6.72. The van der Waals surface area contributed by atoms with Crippen LogP contribution < -0.4 is 0 Å². The van der Waals surface area contributed by atoms with Crippen molar-refractivity contribution in [1.29, 1.82) is 0 Å². The first-order valence-corrected chi connectivity index (χ1v) is 23.9. The van der Waals surface area contributed by atoms with E-state index in [4.69, 9.17) is 9.40 Å². The van der Waals surface area contributed by atoms with Crippen LogP contribution in [0.25, 0.3) is 94.0 Å². The molecular weight excluding hydrogens is 1020 g/mol. The third-order valence-electron chi connectivity index (χ3n) is 13.2. The number of aromatic nitrogens is 4. The molecule has 0 spiro atoms. The van der Waals surface area contributed by atoms with Crippen molar-refractivity contribution in [2.45, 2.75) is 91.9 Å². The average Bonchev–Trinajstić information content (AvgIpc) is 3.91. The molecule has 0 N–H and O–H groups in total. The van der Waals surface area contributed by atoms with E-state index in [-0.39, 0.29) is 42.8 Å². The maximum Gasteiger partial charge on any atom is 0.121 e. The zero-order chi connectivity index (χ0) is 47.5. The van der Waals surface area contributed by atoms with Crippen LogP contribution in [0.15, 0.2) is 162 Å². The maximum atomic E-state index is 6.96. The van der Waals surface area contributed by atoms with Gasteiger partial charge in [0, 0.05) is 42.3 Å². The topological polar surface area (TPSA) is 56.7 Å². The van der Waals surface area contributed by atoms with Crippen LogP contribution in [0.4, 0.5) is 0 Å². The maximum absolute atomic E-state index is 6.96. The van der Waals surface area contributed by atoms with Crippen molar-refractivity contribution in [2.24, 2.45) is 0 Å². The van der Waals surface area contributed by atoms with Crippen LogP contribution in [0, 0.1) is 12.1 Å². The number of hydrogen-bond donors (Lipinski definition) is 0. The first kappa shape index (κ1) is 47.3. The zero-order valence-corrected chi connectivity index (χ0v) is 43.6. The molecule has 1 radical (unpaired) electrons. The molecule has 0 aliphatic heterocycles. The van der Waals surface area contributed by atoms with Crippen LogP contribution in [-0.2, 0) is 30.9 Å². The summed E-state index contributed by atoms with van der Waals surface area (Å²) in [7, 11) is 0. The van der Waals surface area contributed by atoms with E-state index in [1.54, 1.807) is 6.33 Å². The van der Waals surface area contributed by atoms with Gasteiger partial charge < -0.3 is 8.98 Å². The normalized spacial score (nSPS) is 12.1. The molecule has 11 rings (SSSR count). The number of imidazole rings is 1.